The first-order valence-electron chi connectivity index (χ1n) is 10.8. The van der Waals surface area contributed by atoms with Crippen LogP contribution in [-0.4, -0.2) is 35.4 Å². The second kappa shape index (κ2) is 9.79. The van der Waals surface area contributed by atoms with Crippen LogP contribution in [0, 0.1) is 11.6 Å². The van der Waals surface area contributed by atoms with Crippen LogP contribution < -0.4 is 4.72 Å². The molecule has 0 aliphatic rings. The summed E-state index contributed by atoms with van der Waals surface area (Å²) in [5.41, 5.74) is -0.252. The highest BCUT2D eigenvalue weighted by Gasteiger charge is 2.27. The summed E-state index contributed by atoms with van der Waals surface area (Å²) in [5.74, 6) is -4.35. The van der Waals surface area contributed by atoms with Crippen molar-refractivity contribution in [2.45, 2.75) is 20.3 Å². The molecule has 7 nitrogen and oxygen atoms in total. The van der Waals surface area contributed by atoms with Crippen LogP contribution in [0.4, 0.5) is 14.5 Å². The Labute approximate surface area is 210 Å². The van der Waals surface area contributed by atoms with Crippen molar-refractivity contribution in [1.29, 1.82) is 0 Å². The lowest BCUT2D eigenvalue weighted by atomic mass is 10.00. The second-order valence-corrected chi connectivity index (χ2v) is 10.3. The van der Waals surface area contributed by atoms with Crippen LogP contribution in [0.1, 0.15) is 41.0 Å². The molecule has 2 aromatic carbocycles. The van der Waals surface area contributed by atoms with Gasteiger partial charge in [0.05, 0.1) is 22.6 Å². The van der Waals surface area contributed by atoms with E-state index in [1.54, 1.807) is 37.3 Å². The highest BCUT2D eigenvalue weighted by atomic mass is 35.5. The first kappa shape index (κ1) is 25.5. The predicted molar refractivity (Wildman–Crippen MR) is 134 cm³/mol. The van der Waals surface area contributed by atoms with Crippen molar-refractivity contribution in [1.82, 2.24) is 9.55 Å². The van der Waals surface area contributed by atoms with Crippen LogP contribution in [0.15, 0.2) is 54.9 Å². The number of nitrogens with one attached hydrogen (secondary N) is 1. The zero-order valence-electron chi connectivity index (χ0n) is 19.2. The summed E-state index contributed by atoms with van der Waals surface area (Å²) in [4.78, 5) is 30.0. The maximum Gasteiger partial charge on any atom is 0.232 e. The van der Waals surface area contributed by atoms with Crippen LogP contribution in [0.25, 0.3) is 22.2 Å². The monoisotopic (exact) mass is 531 g/mol. The number of ketones is 1. The van der Waals surface area contributed by atoms with Gasteiger partial charge < -0.3 is 0 Å². The molecule has 0 unspecified atom stereocenters. The minimum Gasteiger partial charge on any atom is -0.288 e. The van der Waals surface area contributed by atoms with E-state index in [4.69, 9.17) is 11.6 Å². The van der Waals surface area contributed by atoms with E-state index in [9.17, 15) is 22.4 Å². The average molecular weight is 532 g/mol. The van der Waals surface area contributed by atoms with Crippen LogP contribution >= 0.6 is 11.6 Å². The molecule has 0 aliphatic heterocycles. The summed E-state index contributed by atoms with van der Waals surface area (Å²) in [5, 5.41) is 0.713. The van der Waals surface area contributed by atoms with Crippen LogP contribution in [0.5, 0.6) is 0 Å². The molecule has 0 atom stereocenters. The molecule has 36 heavy (non-hydrogen) atoms. The minimum absolute atomic E-state index is 0.129. The number of hydrogen-bond acceptors (Lipinski definition) is 5. The Morgan fingerprint density at radius 2 is 1.78 bits per heavy atom. The van der Waals surface area contributed by atoms with Gasteiger partial charge in [-0.3, -0.25) is 18.9 Å². The molecule has 0 saturated heterocycles. The molecule has 0 spiro atoms. The molecular weight excluding hydrogens is 512 g/mol. The number of carbonyl (C=O) groups excluding carboxylic acids is 2. The summed E-state index contributed by atoms with van der Waals surface area (Å²) in [7, 11) is -3.90. The molecular formula is C25H20ClF2N3O4S. The third kappa shape index (κ3) is 4.87. The van der Waals surface area contributed by atoms with Crippen molar-refractivity contribution in [3.05, 3.63) is 82.6 Å². The summed E-state index contributed by atoms with van der Waals surface area (Å²) in [6, 6.07) is 10.1. The number of aromatic nitrogens is 2. The maximum absolute atomic E-state index is 15.3. The van der Waals surface area contributed by atoms with Gasteiger partial charge in [0.2, 0.25) is 21.7 Å². The number of pyridine rings is 1. The maximum atomic E-state index is 15.3. The van der Waals surface area contributed by atoms with Gasteiger partial charge in [0.15, 0.2) is 5.82 Å². The summed E-state index contributed by atoms with van der Waals surface area (Å²) in [6.45, 7) is 2.89. The quantitative estimate of drug-likeness (QED) is 0.309. The number of carbonyl (C=O) groups is 2. The highest BCUT2D eigenvalue weighted by Crippen LogP contribution is 2.31. The third-order valence-corrected chi connectivity index (χ3v) is 7.19. The Morgan fingerprint density at radius 1 is 1.08 bits per heavy atom. The van der Waals surface area contributed by atoms with E-state index in [1.807, 2.05) is 0 Å². The van der Waals surface area contributed by atoms with Gasteiger partial charge in [-0.05, 0) is 42.3 Å². The van der Waals surface area contributed by atoms with Crippen LogP contribution in [0.3, 0.4) is 0 Å². The fourth-order valence-electron chi connectivity index (χ4n) is 3.79. The fraction of sp³-hybridized carbons (Fsp3) is 0.160. The highest BCUT2D eigenvalue weighted by molar-refractivity contribution is 7.92. The first-order valence-corrected chi connectivity index (χ1v) is 12.9. The van der Waals surface area contributed by atoms with Gasteiger partial charge in [0.1, 0.15) is 11.5 Å². The van der Waals surface area contributed by atoms with E-state index in [0.29, 0.717) is 16.1 Å². The van der Waals surface area contributed by atoms with E-state index in [1.165, 1.54) is 19.3 Å². The van der Waals surface area contributed by atoms with Crippen molar-refractivity contribution in [3.8, 4) is 11.1 Å². The molecule has 186 valence electrons. The molecule has 4 aromatic rings. The number of nitrogens with zero attached hydrogens (tertiary/aromatic N) is 2. The smallest absolute Gasteiger partial charge is 0.232 e. The summed E-state index contributed by atoms with van der Waals surface area (Å²) >= 11 is 5.95. The van der Waals surface area contributed by atoms with Gasteiger partial charge in [0, 0.05) is 35.3 Å². The first-order chi connectivity index (χ1) is 17.0. The van der Waals surface area contributed by atoms with Gasteiger partial charge in [0.25, 0.3) is 0 Å². The van der Waals surface area contributed by atoms with Crippen molar-refractivity contribution in [2.24, 2.45) is 0 Å². The Hall–Kier alpha value is -3.63. The lowest BCUT2D eigenvalue weighted by Gasteiger charge is -2.11. The van der Waals surface area contributed by atoms with Crippen molar-refractivity contribution < 1.29 is 26.8 Å². The molecule has 2 aromatic heterocycles. The van der Waals surface area contributed by atoms with E-state index < -0.39 is 44.6 Å². The number of hydrogen-bond donors (Lipinski definition) is 1. The molecule has 1 N–H and O–H groups in total. The molecule has 0 saturated carbocycles. The Morgan fingerprint density at radius 3 is 2.42 bits per heavy atom. The Kier molecular flexibility index (Phi) is 6.92. The van der Waals surface area contributed by atoms with E-state index in [0.717, 1.165) is 16.7 Å². The lowest BCUT2D eigenvalue weighted by Crippen LogP contribution is -2.18. The molecule has 0 fully saturated rings. The molecule has 0 amide bonds. The zero-order valence-corrected chi connectivity index (χ0v) is 20.8. The third-order valence-electron chi connectivity index (χ3n) is 5.46. The number of halogens is 3. The predicted octanol–water partition coefficient (Wildman–Crippen LogP) is 5.68. The number of anilines is 1. The molecule has 0 radical (unpaired) electrons. The van der Waals surface area contributed by atoms with Crippen molar-refractivity contribution in [2.75, 3.05) is 10.5 Å². The molecule has 4 rings (SSSR count). The van der Waals surface area contributed by atoms with Crippen LogP contribution in [-0.2, 0) is 10.0 Å². The van der Waals surface area contributed by atoms with Crippen molar-refractivity contribution in [3.63, 3.8) is 0 Å². The fourth-order valence-corrected chi connectivity index (χ4v) is 5.05. The zero-order chi connectivity index (χ0) is 26.2. The van der Waals surface area contributed by atoms with E-state index in [2.05, 4.69) is 9.71 Å². The Bertz CT molecular complexity index is 1620. The minimum atomic E-state index is -3.90. The normalized spacial score (nSPS) is 11.6. The SMILES string of the molecule is CCCS(=O)(=O)Nc1ccc(F)c(C(=O)c2cn(C(C)=O)c3ncc(-c4ccc(Cl)cc4)cc23)c1F. The van der Waals surface area contributed by atoms with Gasteiger partial charge in [-0.2, -0.15) is 0 Å². The van der Waals surface area contributed by atoms with Crippen LogP contribution in [0.2, 0.25) is 5.02 Å². The molecule has 11 heteroatoms. The van der Waals surface area contributed by atoms with Gasteiger partial charge in [-0.15, -0.1) is 0 Å². The Balaban J connectivity index is 1.88. The molecule has 0 bridgehead atoms. The standard InChI is InChI=1S/C25H20ClF2N3O4S/c1-3-10-36(34,35)30-21-9-8-20(27)22(23(21)28)24(33)19-13-31(14(2)32)25-18(19)11-16(12-29-25)15-4-6-17(26)7-5-15/h4-9,11-13,30H,3,10H2,1-2H3. The summed E-state index contributed by atoms with van der Waals surface area (Å²) in [6.07, 6.45) is 2.95. The van der Waals surface area contributed by atoms with Gasteiger partial charge in [-0.25, -0.2) is 22.2 Å². The number of benzene rings is 2. The number of fused-ring (bicyclic) bond motifs is 1. The molecule has 0 aliphatic carbocycles. The van der Waals surface area contributed by atoms with Gasteiger partial charge >= 0.3 is 0 Å². The van der Waals surface area contributed by atoms with Crippen molar-refractivity contribution >= 4 is 50.0 Å². The largest absolute Gasteiger partial charge is 0.288 e. The second-order valence-electron chi connectivity index (χ2n) is 8.07. The van der Waals surface area contributed by atoms with Gasteiger partial charge in [-0.1, -0.05) is 30.7 Å². The number of sulfonamides is 1. The summed E-state index contributed by atoms with van der Waals surface area (Å²) < 4.78 is 57.5. The average Bonchev–Trinajstić information content (AvgIpc) is 3.20. The van der Waals surface area contributed by atoms with E-state index in [-0.39, 0.29) is 28.8 Å². The number of rotatable bonds is 7. The van der Waals surface area contributed by atoms with E-state index >= 15 is 4.39 Å². The molecule has 2 heterocycles. The topological polar surface area (TPSA) is 98.1 Å². The lowest BCUT2D eigenvalue weighted by molar-refractivity contribution is 0.0941.